The molecule has 0 bridgehead atoms. The Labute approximate surface area is 119 Å². The van der Waals surface area contributed by atoms with Crippen molar-refractivity contribution >= 4 is 17.0 Å². The summed E-state index contributed by atoms with van der Waals surface area (Å²) in [6, 6.07) is 7.81. The van der Waals surface area contributed by atoms with Gasteiger partial charge in [-0.3, -0.25) is 0 Å². The van der Waals surface area contributed by atoms with Gasteiger partial charge in [-0.15, -0.1) is 11.3 Å². The maximum Gasteiger partial charge on any atom is 0.155 e. The predicted octanol–water partition coefficient (Wildman–Crippen LogP) is 2.21. The molecule has 1 N–H and O–H groups in total. The second-order valence-electron chi connectivity index (χ2n) is 4.01. The Morgan fingerprint density at radius 1 is 1.40 bits per heavy atom. The highest BCUT2D eigenvalue weighted by atomic mass is 32.1. The van der Waals surface area contributed by atoms with E-state index >= 15 is 0 Å². The summed E-state index contributed by atoms with van der Waals surface area (Å²) in [5, 5.41) is 17.9. The molecule has 0 unspecified atom stereocenters. The smallest absolute Gasteiger partial charge is 0.155 e. The zero-order chi connectivity index (χ0) is 13.8. The van der Waals surface area contributed by atoms with Crippen molar-refractivity contribution in [1.29, 1.82) is 5.26 Å². The van der Waals surface area contributed by atoms with Crippen LogP contribution >= 0.6 is 11.3 Å². The number of nitrogens with one attached hydrogen (secondary N) is 1. The normalized spacial score (nSPS) is 10.2. The average Bonchev–Trinajstić information content (AvgIpc) is 3.17. The van der Waals surface area contributed by atoms with Crippen LogP contribution in [0.25, 0.3) is 5.82 Å². The van der Waals surface area contributed by atoms with Crippen LogP contribution in [0.15, 0.2) is 42.4 Å². The van der Waals surface area contributed by atoms with Gasteiger partial charge in [-0.25, -0.2) is 14.6 Å². The summed E-state index contributed by atoms with van der Waals surface area (Å²) in [5.74, 6) is 0.718. The monoisotopic (exact) mass is 282 g/mol. The first-order chi connectivity index (χ1) is 9.85. The number of rotatable bonds is 4. The summed E-state index contributed by atoms with van der Waals surface area (Å²) in [6.07, 6.45) is 4.82. The number of anilines is 1. The van der Waals surface area contributed by atoms with Crippen LogP contribution in [-0.2, 0) is 6.54 Å². The van der Waals surface area contributed by atoms with Crippen LogP contribution in [0, 0.1) is 11.3 Å². The Morgan fingerprint density at radius 2 is 2.35 bits per heavy atom. The number of nitrogens with zero attached hydrogens (tertiary/aromatic N) is 5. The second-order valence-corrected chi connectivity index (χ2v) is 5.01. The quantitative estimate of drug-likeness (QED) is 0.793. The lowest BCUT2D eigenvalue weighted by molar-refractivity contribution is 0.845. The number of hydrogen-bond donors (Lipinski definition) is 1. The fraction of sp³-hybridized carbons (Fsp3) is 0.0769. The van der Waals surface area contributed by atoms with E-state index < -0.39 is 0 Å². The van der Waals surface area contributed by atoms with Gasteiger partial charge >= 0.3 is 0 Å². The molecular formula is C13H10N6S. The molecule has 0 spiro atoms. The summed E-state index contributed by atoms with van der Waals surface area (Å²) in [5.41, 5.74) is 1.62. The van der Waals surface area contributed by atoms with Crippen molar-refractivity contribution in [2.75, 3.05) is 5.32 Å². The molecule has 0 fully saturated rings. The van der Waals surface area contributed by atoms with Gasteiger partial charge in [0.05, 0.1) is 17.4 Å². The molecule has 0 aliphatic rings. The topological polar surface area (TPSA) is 79.4 Å². The van der Waals surface area contributed by atoms with Crippen molar-refractivity contribution in [2.24, 2.45) is 0 Å². The molecule has 0 radical (unpaired) electrons. The molecular weight excluding hydrogens is 272 g/mol. The van der Waals surface area contributed by atoms with E-state index in [1.807, 2.05) is 23.6 Å². The Balaban J connectivity index is 1.65. The molecule has 0 saturated heterocycles. The van der Waals surface area contributed by atoms with Crippen LogP contribution in [0.2, 0.25) is 0 Å². The van der Waals surface area contributed by atoms with Crippen LogP contribution in [0.5, 0.6) is 0 Å². The highest BCUT2D eigenvalue weighted by molar-refractivity contribution is 7.10. The first kappa shape index (κ1) is 12.3. The van der Waals surface area contributed by atoms with E-state index in [1.54, 1.807) is 28.5 Å². The molecule has 20 heavy (non-hydrogen) atoms. The molecule has 0 aliphatic carbocycles. The van der Waals surface area contributed by atoms with E-state index in [1.165, 1.54) is 6.33 Å². The van der Waals surface area contributed by atoms with E-state index in [4.69, 9.17) is 5.26 Å². The maximum absolute atomic E-state index is 8.77. The number of nitriles is 1. The van der Waals surface area contributed by atoms with Gasteiger partial charge in [0.2, 0.25) is 0 Å². The van der Waals surface area contributed by atoms with Crippen LogP contribution in [0.4, 0.5) is 5.69 Å². The minimum Gasteiger partial charge on any atom is -0.379 e. The van der Waals surface area contributed by atoms with Crippen LogP contribution < -0.4 is 5.32 Å². The van der Waals surface area contributed by atoms with Crippen molar-refractivity contribution in [3.05, 3.63) is 52.9 Å². The van der Waals surface area contributed by atoms with Gasteiger partial charge in [-0.2, -0.15) is 10.4 Å². The van der Waals surface area contributed by atoms with Crippen LogP contribution in [0.3, 0.4) is 0 Å². The predicted molar refractivity (Wildman–Crippen MR) is 75.5 cm³/mol. The van der Waals surface area contributed by atoms with Crippen molar-refractivity contribution in [3.8, 4) is 11.9 Å². The van der Waals surface area contributed by atoms with E-state index in [0.29, 0.717) is 12.1 Å². The first-order valence-electron chi connectivity index (χ1n) is 5.87. The molecule has 0 atom stereocenters. The molecule has 3 rings (SSSR count). The fourth-order valence-electron chi connectivity index (χ4n) is 1.67. The van der Waals surface area contributed by atoms with E-state index in [-0.39, 0.29) is 0 Å². The molecule has 0 aromatic carbocycles. The first-order valence-corrected chi connectivity index (χ1v) is 6.75. The summed E-state index contributed by atoms with van der Waals surface area (Å²) >= 11 is 1.57. The third-order valence-corrected chi connectivity index (χ3v) is 3.59. The minimum atomic E-state index is 0.677. The van der Waals surface area contributed by atoms with Crippen molar-refractivity contribution < 1.29 is 0 Å². The zero-order valence-corrected chi connectivity index (χ0v) is 11.2. The summed E-state index contributed by atoms with van der Waals surface area (Å²) in [6.45, 7) is 0.677. The molecule has 0 amide bonds. The Kier molecular flexibility index (Phi) is 3.39. The number of hydrogen-bond acceptors (Lipinski definition) is 6. The molecule has 0 aliphatic heterocycles. The largest absolute Gasteiger partial charge is 0.379 e. The lowest BCUT2D eigenvalue weighted by atomic mass is 10.3. The van der Waals surface area contributed by atoms with Crippen molar-refractivity contribution in [2.45, 2.75) is 6.54 Å². The van der Waals surface area contributed by atoms with Gasteiger partial charge in [0.25, 0.3) is 0 Å². The van der Waals surface area contributed by atoms with E-state index in [2.05, 4.69) is 26.5 Å². The Hall–Kier alpha value is -2.72. The van der Waals surface area contributed by atoms with Gasteiger partial charge in [-0.1, -0.05) is 0 Å². The van der Waals surface area contributed by atoms with Crippen LogP contribution in [-0.4, -0.2) is 19.7 Å². The second kappa shape index (κ2) is 5.50. The standard InChI is InChI=1S/C13H10N6S/c14-4-10-3-12(20-7-10)6-16-11-1-2-13(17-5-11)19-9-15-8-18-19/h1-3,5,7-9,16H,6H2. The molecule has 6 nitrogen and oxygen atoms in total. The van der Waals surface area contributed by atoms with Gasteiger partial charge in [0, 0.05) is 16.8 Å². The maximum atomic E-state index is 8.77. The van der Waals surface area contributed by atoms with Gasteiger partial charge < -0.3 is 5.32 Å². The molecule has 3 aromatic heterocycles. The Morgan fingerprint density at radius 3 is 3.00 bits per heavy atom. The van der Waals surface area contributed by atoms with Crippen molar-refractivity contribution in [3.63, 3.8) is 0 Å². The minimum absolute atomic E-state index is 0.677. The molecule has 98 valence electrons. The number of thiophene rings is 1. The lowest BCUT2D eigenvalue weighted by Gasteiger charge is -2.05. The summed E-state index contributed by atoms with van der Waals surface area (Å²) < 4.78 is 1.60. The third kappa shape index (κ3) is 2.65. The summed E-state index contributed by atoms with van der Waals surface area (Å²) in [7, 11) is 0. The highest BCUT2D eigenvalue weighted by Crippen LogP contribution is 2.16. The number of pyridine rings is 1. The van der Waals surface area contributed by atoms with Crippen LogP contribution in [0.1, 0.15) is 10.4 Å². The average molecular weight is 282 g/mol. The van der Waals surface area contributed by atoms with Gasteiger partial charge in [0.1, 0.15) is 18.7 Å². The number of aromatic nitrogens is 4. The van der Waals surface area contributed by atoms with E-state index in [0.717, 1.165) is 16.4 Å². The van der Waals surface area contributed by atoms with Crippen molar-refractivity contribution in [1.82, 2.24) is 19.7 Å². The molecule has 7 heteroatoms. The Bertz CT molecular complexity index is 723. The van der Waals surface area contributed by atoms with Gasteiger partial charge in [-0.05, 0) is 18.2 Å². The molecule has 0 saturated carbocycles. The fourth-order valence-corrected chi connectivity index (χ4v) is 2.42. The van der Waals surface area contributed by atoms with E-state index in [9.17, 15) is 0 Å². The third-order valence-electron chi connectivity index (χ3n) is 2.65. The SMILES string of the molecule is N#Cc1csc(CNc2ccc(-n3cncn3)nc2)c1. The summed E-state index contributed by atoms with van der Waals surface area (Å²) in [4.78, 5) is 9.30. The molecule has 3 heterocycles. The highest BCUT2D eigenvalue weighted by Gasteiger charge is 2.01. The lowest BCUT2D eigenvalue weighted by Crippen LogP contribution is -2.01. The van der Waals surface area contributed by atoms with Gasteiger partial charge in [0.15, 0.2) is 5.82 Å². The molecule has 3 aromatic rings. The zero-order valence-electron chi connectivity index (χ0n) is 10.4.